The lowest BCUT2D eigenvalue weighted by Gasteiger charge is -2.21. The predicted molar refractivity (Wildman–Crippen MR) is 81.1 cm³/mol. The van der Waals surface area contributed by atoms with Gasteiger partial charge in [0, 0.05) is 30.2 Å². The molecule has 19 heavy (non-hydrogen) atoms. The molecule has 0 atom stereocenters. The third-order valence-corrected chi connectivity index (χ3v) is 3.99. The van der Waals surface area contributed by atoms with Gasteiger partial charge in [-0.3, -0.25) is 0 Å². The third kappa shape index (κ3) is 2.09. The fourth-order valence-corrected chi connectivity index (χ4v) is 3.00. The van der Waals surface area contributed by atoms with E-state index in [2.05, 4.69) is 53.6 Å². The first-order valence-corrected chi connectivity index (χ1v) is 6.96. The summed E-state index contributed by atoms with van der Waals surface area (Å²) in [6.07, 6.45) is 2.55. The molecule has 0 unspecified atom stereocenters. The highest BCUT2D eigenvalue weighted by Gasteiger charge is 2.15. The number of nitrogen functional groups attached to an aromatic ring is 1. The Labute approximate surface area is 114 Å². The number of aromatic nitrogens is 1. The van der Waals surface area contributed by atoms with Gasteiger partial charge in [0.2, 0.25) is 0 Å². The Morgan fingerprint density at radius 3 is 2.16 bits per heavy atom. The van der Waals surface area contributed by atoms with Gasteiger partial charge in [0.05, 0.1) is 11.4 Å². The highest BCUT2D eigenvalue weighted by atomic mass is 15.2. The number of anilines is 2. The standard InChI is InChI=1S/C16H21N3/c1-12-5-6-13(2)19(12)14-7-8-16(15(17)11-14)18-9-3-4-10-18/h5-8,11H,3-4,9-10,17H2,1-2H3. The number of rotatable bonds is 2. The molecule has 2 N–H and O–H groups in total. The van der Waals surface area contributed by atoms with Gasteiger partial charge in [0.1, 0.15) is 0 Å². The molecule has 0 aliphatic carbocycles. The van der Waals surface area contributed by atoms with Crippen LogP contribution in [0.25, 0.3) is 5.69 Å². The summed E-state index contributed by atoms with van der Waals surface area (Å²) < 4.78 is 2.24. The highest BCUT2D eigenvalue weighted by Crippen LogP contribution is 2.29. The number of nitrogens with two attached hydrogens (primary N) is 1. The monoisotopic (exact) mass is 255 g/mol. The van der Waals surface area contributed by atoms with E-state index in [1.807, 2.05) is 0 Å². The Morgan fingerprint density at radius 1 is 0.947 bits per heavy atom. The number of hydrogen-bond acceptors (Lipinski definition) is 2. The Hall–Kier alpha value is -1.90. The average molecular weight is 255 g/mol. The van der Waals surface area contributed by atoms with Gasteiger partial charge in [-0.2, -0.15) is 0 Å². The quantitative estimate of drug-likeness (QED) is 0.836. The summed E-state index contributed by atoms with van der Waals surface area (Å²) in [6.45, 7) is 6.51. The average Bonchev–Trinajstić information content (AvgIpc) is 3.00. The Balaban J connectivity index is 1.99. The minimum absolute atomic E-state index is 0.881. The minimum atomic E-state index is 0.881. The topological polar surface area (TPSA) is 34.2 Å². The van der Waals surface area contributed by atoms with E-state index in [1.54, 1.807) is 0 Å². The molecule has 100 valence electrons. The van der Waals surface area contributed by atoms with Crippen LogP contribution in [0.5, 0.6) is 0 Å². The molecule has 3 rings (SSSR count). The molecule has 1 fully saturated rings. The van der Waals surface area contributed by atoms with Gasteiger partial charge in [-0.1, -0.05) is 0 Å². The van der Waals surface area contributed by atoms with E-state index in [9.17, 15) is 0 Å². The van der Waals surface area contributed by atoms with Crippen molar-refractivity contribution in [1.82, 2.24) is 4.57 Å². The van der Waals surface area contributed by atoms with Crippen molar-refractivity contribution < 1.29 is 0 Å². The molecule has 1 aliphatic heterocycles. The Kier molecular flexibility index (Phi) is 2.97. The summed E-state index contributed by atoms with van der Waals surface area (Å²) >= 11 is 0. The van der Waals surface area contributed by atoms with Crippen molar-refractivity contribution in [2.75, 3.05) is 23.7 Å². The fourth-order valence-electron chi connectivity index (χ4n) is 3.00. The van der Waals surface area contributed by atoms with Crippen LogP contribution in [0.15, 0.2) is 30.3 Å². The first-order chi connectivity index (χ1) is 9.16. The van der Waals surface area contributed by atoms with Crippen molar-refractivity contribution in [3.8, 4) is 5.69 Å². The summed E-state index contributed by atoms with van der Waals surface area (Å²) in [5, 5.41) is 0. The molecule has 0 amide bonds. The summed E-state index contributed by atoms with van der Waals surface area (Å²) in [5.74, 6) is 0. The summed E-state index contributed by atoms with van der Waals surface area (Å²) in [7, 11) is 0. The van der Waals surface area contributed by atoms with Crippen molar-refractivity contribution in [2.45, 2.75) is 26.7 Å². The van der Waals surface area contributed by atoms with Crippen molar-refractivity contribution in [3.63, 3.8) is 0 Å². The molecule has 0 bridgehead atoms. The van der Waals surface area contributed by atoms with E-state index in [1.165, 1.54) is 29.9 Å². The van der Waals surface area contributed by atoms with Crippen LogP contribution < -0.4 is 10.6 Å². The molecule has 1 aliphatic rings. The largest absolute Gasteiger partial charge is 0.397 e. The molecule has 0 radical (unpaired) electrons. The molecule has 2 aromatic rings. The molecule has 1 aromatic carbocycles. The van der Waals surface area contributed by atoms with Gasteiger partial charge in [-0.15, -0.1) is 0 Å². The van der Waals surface area contributed by atoms with E-state index in [0.717, 1.165) is 24.5 Å². The second-order valence-corrected chi connectivity index (χ2v) is 5.39. The van der Waals surface area contributed by atoms with E-state index in [0.29, 0.717) is 0 Å². The van der Waals surface area contributed by atoms with Crippen LogP contribution in [0.1, 0.15) is 24.2 Å². The van der Waals surface area contributed by atoms with Gasteiger partial charge >= 0.3 is 0 Å². The number of benzene rings is 1. The van der Waals surface area contributed by atoms with Crippen molar-refractivity contribution in [3.05, 3.63) is 41.7 Å². The lowest BCUT2D eigenvalue weighted by Crippen LogP contribution is -2.19. The van der Waals surface area contributed by atoms with Gasteiger partial charge in [0.25, 0.3) is 0 Å². The molecule has 1 saturated heterocycles. The maximum absolute atomic E-state index is 6.25. The fraction of sp³-hybridized carbons (Fsp3) is 0.375. The van der Waals surface area contributed by atoms with Gasteiger partial charge in [-0.05, 0) is 57.0 Å². The van der Waals surface area contributed by atoms with E-state index >= 15 is 0 Å². The number of nitrogens with zero attached hydrogens (tertiary/aromatic N) is 2. The predicted octanol–water partition coefficient (Wildman–Crippen LogP) is 3.28. The van der Waals surface area contributed by atoms with Crippen molar-refractivity contribution in [2.24, 2.45) is 0 Å². The molecule has 1 aromatic heterocycles. The van der Waals surface area contributed by atoms with E-state index in [-0.39, 0.29) is 0 Å². The van der Waals surface area contributed by atoms with Gasteiger partial charge in [0.15, 0.2) is 0 Å². The zero-order valence-electron chi connectivity index (χ0n) is 11.7. The maximum atomic E-state index is 6.25. The second-order valence-electron chi connectivity index (χ2n) is 5.39. The number of hydrogen-bond donors (Lipinski definition) is 1. The van der Waals surface area contributed by atoms with Gasteiger partial charge < -0.3 is 15.2 Å². The first-order valence-electron chi connectivity index (χ1n) is 6.96. The maximum Gasteiger partial charge on any atom is 0.0601 e. The SMILES string of the molecule is Cc1ccc(C)n1-c1ccc(N2CCCC2)c(N)c1. The molecular weight excluding hydrogens is 234 g/mol. The lowest BCUT2D eigenvalue weighted by atomic mass is 10.2. The van der Waals surface area contributed by atoms with Crippen LogP contribution in [0.4, 0.5) is 11.4 Å². The zero-order valence-corrected chi connectivity index (χ0v) is 11.7. The smallest absolute Gasteiger partial charge is 0.0601 e. The first kappa shape index (κ1) is 12.2. The van der Waals surface area contributed by atoms with Crippen LogP contribution in [0.2, 0.25) is 0 Å². The van der Waals surface area contributed by atoms with Crippen LogP contribution in [0.3, 0.4) is 0 Å². The second kappa shape index (κ2) is 4.65. The summed E-state index contributed by atoms with van der Waals surface area (Å²) in [4.78, 5) is 2.38. The van der Waals surface area contributed by atoms with Gasteiger partial charge in [-0.25, -0.2) is 0 Å². The third-order valence-electron chi connectivity index (χ3n) is 3.99. The molecular formula is C16H21N3. The van der Waals surface area contributed by atoms with Crippen molar-refractivity contribution in [1.29, 1.82) is 0 Å². The van der Waals surface area contributed by atoms with Crippen LogP contribution in [0, 0.1) is 13.8 Å². The van der Waals surface area contributed by atoms with E-state index in [4.69, 9.17) is 5.73 Å². The highest BCUT2D eigenvalue weighted by molar-refractivity contribution is 5.71. The zero-order chi connectivity index (χ0) is 13.4. The minimum Gasteiger partial charge on any atom is -0.397 e. The van der Waals surface area contributed by atoms with Crippen LogP contribution in [-0.2, 0) is 0 Å². The summed E-state index contributed by atoms with van der Waals surface area (Å²) in [5.41, 5.74) is 12.0. The molecule has 0 saturated carbocycles. The van der Waals surface area contributed by atoms with E-state index < -0.39 is 0 Å². The Bertz CT molecular complexity index is 573. The molecule has 3 heteroatoms. The normalized spacial score (nSPS) is 15.2. The molecule has 3 nitrogen and oxygen atoms in total. The Morgan fingerprint density at radius 2 is 1.58 bits per heavy atom. The van der Waals surface area contributed by atoms with Crippen LogP contribution in [-0.4, -0.2) is 17.7 Å². The van der Waals surface area contributed by atoms with Crippen molar-refractivity contribution >= 4 is 11.4 Å². The molecule has 0 spiro atoms. The number of aryl methyl sites for hydroxylation is 2. The molecule has 2 heterocycles. The summed E-state index contributed by atoms with van der Waals surface area (Å²) in [6, 6.07) is 10.7. The lowest BCUT2D eigenvalue weighted by molar-refractivity contribution is 0.949. The van der Waals surface area contributed by atoms with Crippen LogP contribution >= 0.6 is 0 Å².